The van der Waals surface area contributed by atoms with Crippen LogP contribution in [0.2, 0.25) is 0 Å². The average Bonchev–Trinajstić information content (AvgIpc) is 3.16. The fraction of sp³-hybridized carbons (Fsp3) is 0.417. The maximum atomic E-state index is 12.8. The lowest BCUT2D eigenvalue weighted by Crippen LogP contribution is -2.36. The molecule has 184 valence electrons. The summed E-state index contributed by atoms with van der Waals surface area (Å²) in [6.07, 6.45) is -0.981. The zero-order valence-corrected chi connectivity index (χ0v) is 20.8. The van der Waals surface area contributed by atoms with Crippen molar-refractivity contribution in [3.05, 3.63) is 53.6 Å². The molecule has 34 heavy (non-hydrogen) atoms. The summed E-state index contributed by atoms with van der Waals surface area (Å²) in [4.78, 5) is 26.7. The number of rotatable bonds is 6. The first-order chi connectivity index (χ1) is 15.8. The van der Waals surface area contributed by atoms with Crippen molar-refractivity contribution in [1.29, 1.82) is 0 Å². The number of nitrogens with zero attached hydrogens (tertiary/aromatic N) is 2. The van der Waals surface area contributed by atoms with Gasteiger partial charge in [-0.1, -0.05) is 12.1 Å². The summed E-state index contributed by atoms with van der Waals surface area (Å²) in [7, 11) is -2.57. The van der Waals surface area contributed by atoms with E-state index < -0.39 is 27.9 Å². The molecule has 0 spiro atoms. The first kappa shape index (κ1) is 25.5. The van der Waals surface area contributed by atoms with E-state index in [0.717, 1.165) is 5.56 Å². The molecule has 0 saturated carbocycles. The molecular weight excluding hydrogens is 460 g/mol. The molecule has 0 saturated heterocycles. The van der Waals surface area contributed by atoms with Crippen molar-refractivity contribution in [3.8, 4) is 5.75 Å². The van der Waals surface area contributed by atoms with Gasteiger partial charge >= 0.3 is 16.2 Å². The van der Waals surface area contributed by atoms with E-state index in [-0.39, 0.29) is 23.1 Å². The van der Waals surface area contributed by atoms with E-state index >= 15 is 0 Å². The van der Waals surface area contributed by atoms with Crippen molar-refractivity contribution >= 4 is 27.8 Å². The second kappa shape index (κ2) is 9.63. The number of ether oxygens (including phenoxy) is 1. The molecule has 3 rings (SSSR count). The number of aliphatic hydroxyl groups is 1. The van der Waals surface area contributed by atoms with E-state index in [9.17, 15) is 23.1 Å². The average molecular weight is 491 g/mol. The first-order valence-electron chi connectivity index (χ1n) is 10.8. The number of amides is 2. The van der Waals surface area contributed by atoms with E-state index in [1.165, 1.54) is 55.3 Å². The molecule has 1 N–H and O–H groups in total. The summed E-state index contributed by atoms with van der Waals surface area (Å²) in [6, 6.07) is 10.5. The molecular formula is C24H30N2O7S. The summed E-state index contributed by atoms with van der Waals surface area (Å²) in [6.45, 7) is 7.25. The van der Waals surface area contributed by atoms with E-state index in [1.807, 2.05) is 0 Å². The van der Waals surface area contributed by atoms with Gasteiger partial charge in [-0.05, 0) is 68.7 Å². The van der Waals surface area contributed by atoms with Crippen molar-refractivity contribution in [1.82, 2.24) is 4.90 Å². The highest BCUT2D eigenvalue weighted by molar-refractivity contribution is 7.87. The predicted molar refractivity (Wildman–Crippen MR) is 126 cm³/mol. The lowest BCUT2D eigenvalue weighted by molar-refractivity contribution is -0.116. The molecule has 10 heteroatoms. The largest absolute Gasteiger partial charge is 0.444 e. The Labute approximate surface area is 200 Å². The second-order valence-corrected chi connectivity index (χ2v) is 10.7. The minimum atomic E-state index is -4.09. The summed E-state index contributed by atoms with van der Waals surface area (Å²) in [5.74, 6) is -0.00696. The molecule has 1 heterocycles. The van der Waals surface area contributed by atoms with Gasteiger partial charge in [-0.2, -0.15) is 8.42 Å². The molecule has 1 aliphatic rings. The van der Waals surface area contributed by atoms with Crippen LogP contribution in [0.4, 0.5) is 10.5 Å². The van der Waals surface area contributed by atoms with Crippen molar-refractivity contribution in [2.24, 2.45) is 0 Å². The van der Waals surface area contributed by atoms with Gasteiger partial charge in [0.15, 0.2) is 0 Å². The lowest BCUT2D eigenvalue weighted by Gasteiger charge is -2.26. The summed E-state index contributed by atoms with van der Waals surface area (Å²) in [5, 5.41) is 10.5. The molecule has 1 unspecified atom stereocenters. The Bertz CT molecular complexity index is 1170. The van der Waals surface area contributed by atoms with Crippen LogP contribution in [0.25, 0.3) is 0 Å². The maximum Gasteiger partial charge on any atom is 0.410 e. The van der Waals surface area contributed by atoms with Crippen molar-refractivity contribution in [2.45, 2.75) is 50.7 Å². The Morgan fingerprint density at radius 2 is 1.79 bits per heavy atom. The number of anilines is 1. The summed E-state index contributed by atoms with van der Waals surface area (Å²) < 4.78 is 36.0. The molecule has 1 aliphatic heterocycles. The minimum absolute atomic E-state index is 0.000177. The second-order valence-electron chi connectivity index (χ2n) is 9.19. The van der Waals surface area contributed by atoms with Gasteiger partial charge in [0.1, 0.15) is 16.2 Å². The molecule has 0 fully saturated rings. The van der Waals surface area contributed by atoms with Crippen LogP contribution in [0.5, 0.6) is 5.75 Å². The lowest BCUT2D eigenvalue weighted by atomic mass is 10.1. The Balaban J connectivity index is 1.66. The number of benzene rings is 2. The van der Waals surface area contributed by atoms with Crippen molar-refractivity contribution in [2.75, 3.05) is 25.0 Å². The zero-order chi connectivity index (χ0) is 25.3. The number of hydrogen-bond donors (Lipinski definition) is 1. The molecule has 9 nitrogen and oxygen atoms in total. The molecule has 0 aromatic heterocycles. The van der Waals surface area contributed by atoms with Gasteiger partial charge in [0, 0.05) is 26.2 Å². The van der Waals surface area contributed by atoms with Gasteiger partial charge in [-0.25, -0.2) is 4.79 Å². The van der Waals surface area contributed by atoms with Crippen LogP contribution < -0.4 is 9.08 Å². The summed E-state index contributed by atoms with van der Waals surface area (Å²) in [5.41, 5.74) is 1.32. The number of carbonyl (C=O) groups excluding carboxylic acids is 2. The molecule has 0 radical (unpaired) electrons. The topological polar surface area (TPSA) is 113 Å². The van der Waals surface area contributed by atoms with Gasteiger partial charge in [0.25, 0.3) is 0 Å². The van der Waals surface area contributed by atoms with Crippen LogP contribution in [0, 0.1) is 0 Å². The molecule has 0 bridgehead atoms. The van der Waals surface area contributed by atoms with Gasteiger partial charge in [-0.3, -0.25) is 4.79 Å². The monoisotopic (exact) mass is 490 g/mol. The van der Waals surface area contributed by atoms with E-state index in [2.05, 4.69) is 0 Å². The third kappa shape index (κ3) is 6.06. The highest BCUT2D eigenvalue weighted by Crippen LogP contribution is 2.31. The molecule has 1 atom stereocenters. The van der Waals surface area contributed by atoms with E-state index in [0.29, 0.717) is 24.2 Å². The number of fused-ring (bicyclic) bond motifs is 1. The van der Waals surface area contributed by atoms with Crippen LogP contribution >= 0.6 is 0 Å². The maximum absolute atomic E-state index is 12.8. The molecule has 2 aromatic rings. The fourth-order valence-electron chi connectivity index (χ4n) is 3.56. The third-order valence-corrected chi connectivity index (χ3v) is 6.48. The first-order valence-corrected chi connectivity index (χ1v) is 12.3. The minimum Gasteiger partial charge on any atom is -0.444 e. The normalized spacial score (nSPS) is 14.4. The smallest absolute Gasteiger partial charge is 0.410 e. The standard InChI is InChI=1S/C24H30N2O7S/c1-16(27)26-13-12-18-14-20(10-11-21(18)26)34(30,31)33-19-8-6-17(7-9-19)22(28)15-25(5)23(29)32-24(2,3)4/h6-11,14,22,28H,12-13,15H2,1-5H3. The van der Waals surface area contributed by atoms with Gasteiger partial charge in [-0.15, -0.1) is 0 Å². The Kier molecular flexibility index (Phi) is 7.23. The highest BCUT2D eigenvalue weighted by atomic mass is 32.2. The quantitative estimate of drug-likeness (QED) is 0.618. The van der Waals surface area contributed by atoms with Crippen LogP contribution in [-0.4, -0.2) is 56.2 Å². The Morgan fingerprint density at radius 3 is 2.38 bits per heavy atom. The fourth-order valence-corrected chi connectivity index (χ4v) is 4.54. The van der Waals surface area contributed by atoms with Gasteiger partial charge in [0.05, 0.1) is 12.6 Å². The number of likely N-dealkylation sites (N-methyl/N-ethyl adjacent to an activating group) is 1. The molecule has 2 aromatic carbocycles. The molecule has 0 aliphatic carbocycles. The van der Waals surface area contributed by atoms with Crippen LogP contribution in [0.3, 0.4) is 0 Å². The van der Waals surface area contributed by atoms with Crippen LogP contribution in [-0.2, 0) is 26.1 Å². The van der Waals surface area contributed by atoms with E-state index in [4.69, 9.17) is 8.92 Å². The van der Waals surface area contributed by atoms with Crippen molar-refractivity contribution in [3.63, 3.8) is 0 Å². The predicted octanol–water partition coefficient (Wildman–Crippen LogP) is 3.26. The van der Waals surface area contributed by atoms with Crippen molar-refractivity contribution < 1.29 is 32.0 Å². The third-order valence-electron chi connectivity index (χ3n) is 5.24. The van der Waals surface area contributed by atoms with Crippen LogP contribution in [0.1, 0.15) is 44.9 Å². The zero-order valence-electron chi connectivity index (χ0n) is 19.9. The Hall–Kier alpha value is -3.11. The van der Waals surface area contributed by atoms with Crippen LogP contribution in [0.15, 0.2) is 47.4 Å². The Morgan fingerprint density at radius 1 is 1.15 bits per heavy atom. The number of aliphatic hydroxyl groups excluding tert-OH is 1. The SMILES string of the molecule is CC(=O)N1CCc2cc(S(=O)(=O)Oc3ccc(C(O)CN(C)C(=O)OC(C)(C)C)cc3)ccc21. The summed E-state index contributed by atoms with van der Waals surface area (Å²) >= 11 is 0. The van der Waals surface area contributed by atoms with E-state index in [1.54, 1.807) is 31.7 Å². The highest BCUT2D eigenvalue weighted by Gasteiger charge is 2.26. The van der Waals surface area contributed by atoms with Gasteiger partial charge in [0.2, 0.25) is 5.91 Å². The number of hydrogen-bond acceptors (Lipinski definition) is 7. The number of carbonyl (C=O) groups is 2. The molecule has 2 amide bonds. The van der Waals surface area contributed by atoms with Gasteiger partial charge < -0.3 is 23.8 Å².